The molecule has 0 atom stereocenters. The minimum absolute atomic E-state index is 0.201. The molecular weight excluding hydrogens is 222 g/mol. The van der Waals surface area contributed by atoms with Crippen molar-refractivity contribution in [1.29, 1.82) is 0 Å². The molecule has 4 N–H and O–H groups in total. The second-order valence-corrected chi connectivity index (χ2v) is 3.57. The first-order valence-electron chi connectivity index (χ1n) is 5.03. The number of rotatable bonds is 4. The van der Waals surface area contributed by atoms with E-state index < -0.39 is 0 Å². The molecule has 0 fully saturated rings. The Kier molecular flexibility index (Phi) is 3.10. The summed E-state index contributed by atoms with van der Waals surface area (Å²) in [4.78, 5) is 16.2. The van der Waals surface area contributed by atoms with E-state index in [1.54, 1.807) is 0 Å². The van der Waals surface area contributed by atoms with Crippen LogP contribution in [0.25, 0.3) is 5.95 Å². The maximum atomic E-state index is 5.30. The molecule has 90 valence electrons. The Morgan fingerprint density at radius 2 is 2.00 bits per heavy atom. The highest BCUT2D eigenvalue weighted by molar-refractivity contribution is 5.37. The van der Waals surface area contributed by atoms with E-state index in [1.807, 2.05) is 13.8 Å². The highest BCUT2D eigenvalue weighted by Gasteiger charge is 2.08. The van der Waals surface area contributed by atoms with Crippen molar-refractivity contribution in [2.24, 2.45) is 5.84 Å². The summed E-state index contributed by atoms with van der Waals surface area (Å²) in [5.41, 5.74) is 2.38. The predicted molar refractivity (Wildman–Crippen MR) is 61.3 cm³/mol. The van der Waals surface area contributed by atoms with Gasteiger partial charge >= 0.3 is 0 Å². The molecule has 0 aliphatic carbocycles. The average molecular weight is 235 g/mol. The minimum atomic E-state index is 0.201. The fourth-order valence-electron chi connectivity index (χ4n) is 1.17. The van der Waals surface area contributed by atoms with Crippen molar-refractivity contribution in [2.45, 2.75) is 19.9 Å². The van der Waals surface area contributed by atoms with E-state index in [-0.39, 0.29) is 12.0 Å². The summed E-state index contributed by atoms with van der Waals surface area (Å²) in [5, 5.41) is 7.00. The fraction of sp³-hybridized carbons (Fsp3) is 0.375. The minimum Gasteiger partial charge on any atom is -0.352 e. The molecule has 2 aromatic rings. The molecule has 0 unspecified atom stereocenters. The van der Waals surface area contributed by atoms with Gasteiger partial charge in [0.25, 0.3) is 5.95 Å². The van der Waals surface area contributed by atoms with Gasteiger partial charge in [0.2, 0.25) is 11.9 Å². The lowest BCUT2D eigenvalue weighted by molar-refractivity contribution is 0.785. The molecule has 0 aliphatic heterocycles. The number of nitrogens with two attached hydrogens (primary N) is 1. The lowest BCUT2D eigenvalue weighted by atomic mass is 10.4. The predicted octanol–water partition coefficient (Wildman–Crippen LogP) is -0.442. The van der Waals surface area contributed by atoms with Crippen molar-refractivity contribution in [1.82, 2.24) is 29.7 Å². The normalized spacial score (nSPS) is 10.6. The van der Waals surface area contributed by atoms with Gasteiger partial charge in [0.1, 0.15) is 12.7 Å². The van der Waals surface area contributed by atoms with Gasteiger partial charge in [-0.25, -0.2) is 10.8 Å². The maximum absolute atomic E-state index is 5.30. The highest BCUT2D eigenvalue weighted by Crippen LogP contribution is 2.08. The summed E-state index contributed by atoms with van der Waals surface area (Å²) in [6.07, 6.45) is 2.89. The number of hydrazine groups is 1. The fourth-order valence-corrected chi connectivity index (χ4v) is 1.17. The molecule has 2 rings (SSSR count). The number of nitrogens with zero attached hydrogens (tertiary/aromatic N) is 6. The number of aromatic nitrogens is 6. The van der Waals surface area contributed by atoms with Crippen LogP contribution in [0, 0.1) is 0 Å². The van der Waals surface area contributed by atoms with Crippen LogP contribution in [-0.4, -0.2) is 35.8 Å². The summed E-state index contributed by atoms with van der Waals surface area (Å²) in [5.74, 6) is 6.32. The molecule has 0 aliphatic rings. The van der Waals surface area contributed by atoms with Crippen molar-refractivity contribution in [2.75, 3.05) is 10.7 Å². The zero-order chi connectivity index (χ0) is 12.3. The molecule has 17 heavy (non-hydrogen) atoms. The van der Waals surface area contributed by atoms with E-state index in [9.17, 15) is 0 Å². The number of anilines is 2. The topological polar surface area (TPSA) is 119 Å². The third-order valence-electron chi connectivity index (χ3n) is 1.79. The highest BCUT2D eigenvalue weighted by atomic mass is 15.4. The summed E-state index contributed by atoms with van der Waals surface area (Å²) >= 11 is 0. The summed E-state index contributed by atoms with van der Waals surface area (Å²) in [7, 11) is 0. The van der Waals surface area contributed by atoms with E-state index in [2.05, 4.69) is 35.8 Å². The van der Waals surface area contributed by atoms with E-state index >= 15 is 0 Å². The van der Waals surface area contributed by atoms with Gasteiger partial charge in [0.15, 0.2) is 0 Å². The lowest BCUT2D eigenvalue weighted by Crippen LogP contribution is -2.18. The largest absolute Gasteiger partial charge is 0.352 e. The molecule has 2 aromatic heterocycles. The quantitative estimate of drug-likeness (QED) is 0.482. The molecule has 2 heterocycles. The van der Waals surface area contributed by atoms with Crippen LogP contribution < -0.4 is 16.6 Å². The van der Waals surface area contributed by atoms with Crippen molar-refractivity contribution < 1.29 is 0 Å². The monoisotopic (exact) mass is 235 g/mol. The van der Waals surface area contributed by atoms with E-state index in [1.165, 1.54) is 17.3 Å². The molecule has 0 saturated heterocycles. The first-order chi connectivity index (χ1) is 8.19. The molecule has 0 bridgehead atoms. The van der Waals surface area contributed by atoms with Crippen molar-refractivity contribution in [3.63, 3.8) is 0 Å². The van der Waals surface area contributed by atoms with Gasteiger partial charge in [-0.3, -0.25) is 5.43 Å². The molecule has 0 aromatic carbocycles. The van der Waals surface area contributed by atoms with Crippen LogP contribution >= 0.6 is 0 Å². The molecule has 0 radical (unpaired) electrons. The molecule has 0 spiro atoms. The Balaban J connectivity index is 2.38. The van der Waals surface area contributed by atoms with E-state index in [0.29, 0.717) is 11.9 Å². The zero-order valence-corrected chi connectivity index (χ0v) is 9.49. The first-order valence-corrected chi connectivity index (χ1v) is 5.03. The summed E-state index contributed by atoms with van der Waals surface area (Å²) < 4.78 is 1.42. The zero-order valence-electron chi connectivity index (χ0n) is 9.49. The average Bonchev–Trinajstić information content (AvgIpc) is 2.81. The third-order valence-corrected chi connectivity index (χ3v) is 1.79. The Morgan fingerprint density at radius 3 is 2.59 bits per heavy atom. The molecule has 9 heteroatoms. The van der Waals surface area contributed by atoms with Gasteiger partial charge in [-0.2, -0.15) is 24.7 Å². The summed E-state index contributed by atoms with van der Waals surface area (Å²) in [6, 6.07) is 0.201. The van der Waals surface area contributed by atoms with Crippen LogP contribution in [0.1, 0.15) is 13.8 Å². The van der Waals surface area contributed by atoms with Gasteiger partial charge in [-0.05, 0) is 13.8 Å². The van der Waals surface area contributed by atoms with Crippen LogP contribution in [0.2, 0.25) is 0 Å². The van der Waals surface area contributed by atoms with E-state index in [4.69, 9.17) is 5.84 Å². The second kappa shape index (κ2) is 4.70. The van der Waals surface area contributed by atoms with Crippen LogP contribution in [-0.2, 0) is 0 Å². The van der Waals surface area contributed by atoms with Crippen LogP contribution in [0.4, 0.5) is 11.9 Å². The van der Waals surface area contributed by atoms with Gasteiger partial charge in [0, 0.05) is 6.04 Å². The van der Waals surface area contributed by atoms with Crippen LogP contribution in [0.15, 0.2) is 12.7 Å². The molecule has 0 saturated carbocycles. The summed E-state index contributed by atoms with van der Waals surface area (Å²) in [6.45, 7) is 3.96. The van der Waals surface area contributed by atoms with Gasteiger partial charge in [0.05, 0.1) is 0 Å². The first kappa shape index (κ1) is 11.2. The third kappa shape index (κ3) is 2.64. The van der Waals surface area contributed by atoms with Gasteiger partial charge < -0.3 is 5.32 Å². The van der Waals surface area contributed by atoms with Crippen molar-refractivity contribution in [3.05, 3.63) is 12.7 Å². The standard InChI is InChI=1S/C8H13N9/c1-5(2)12-6-13-7(16-9)15-8(14-6)17-4-10-3-11-17/h3-5H,9H2,1-2H3,(H2,12,13,14,15,16). The Labute approximate surface area is 97.5 Å². The molecule has 0 amide bonds. The number of nitrogens with one attached hydrogen (secondary N) is 2. The second-order valence-electron chi connectivity index (χ2n) is 3.57. The number of hydrogen-bond acceptors (Lipinski definition) is 8. The smallest absolute Gasteiger partial charge is 0.258 e. The van der Waals surface area contributed by atoms with Crippen molar-refractivity contribution in [3.8, 4) is 5.95 Å². The number of hydrogen-bond donors (Lipinski definition) is 3. The SMILES string of the molecule is CC(C)Nc1nc(NN)nc(-n2cncn2)n1. The Hall–Kier alpha value is -2.29. The van der Waals surface area contributed by atoms with Crippen LogP contribution in [0.3, 0.4) is 0 Å². The lowest BCUT2D eigenvalue weighted by Gasteiger charge is -2.10. The Bertz CT molecular complexity index is 478. The van der Waals surface area contributed by atoms with Gasteiger partial charge in [-0.15, -0.1) is 0 Å². The Morgan fingerprint density at radius 1 is 1.24 bits per heavy atom. The maximum Gasteiger partial charge on any atom is 0.258 e. The molecular formula is C8H13N9. The van der Waals surface area contributed by atoms with E-state index in [0.717, 1.165) is 0 Å². The number of nitrogen functional groups attached to an aromatic ring is 1. The molecule has 9 nitrogen and oxygen atoms in total. The van der Waals surface area contributed by atoms with Crippen LogP contribution in [0.5, 0.6) is 0 Å². The van der Waals surface area contributed by atoms with Crippen molar-refractivity contribution >= 4 is 11.9 Å². The van der Waals surface area contributed by atoms with Gasteiger partial charge in [-0.1, -0.05) is 0 Å².